The maximum atomic E-state index is 13.7. The first-order chi connectivity index (χ1) is 12.1. The third-order valence-corrected chi connectivity index (χ3v) is 4.29. The molecule has 6 nitrogen and oxygen atoms in total. The molecule has 2 heterocycles. The summed E-state index contributed by atoms with van der Waals surface area (Å²) in [5.74, 6) is -0.804. The third kappa shape index (κ3) is 4.32. The van der Waals surface area contributed by atoms with E-state index in [1.54, 1.807) is 24.4 Å². The first-order valence-electron chi connectivity index (χ1n) is 8.20. The maximum absolute atomic E-state index is 13.7. The van der Waals surface area contributed by atoms with E-state index in [9.17, 15) is 9.18 Å². The third-order valence-electron chi connectivity index (χ3n) is 4.29. The SMILES string of the molecule is NC(=O)c1cnccc1NCC(c1cccc(F)c1)N1CCOCC1. The van der Waals surface area contributed by atoms with Crippen molar-refractivity contribution in [3.8, 4) is 0 Å². The number of nitrogens with zero attached hydrogens (tertiary/aromatic N) is 2. The average molecular weight is 344 g/mol. The van der Waals surface area contributed by atoms with Crippen LogP contribution in [-0.4, -0.2) is 48.6 Å². The summed E-state index contributed by atoms with van der Waals surface area (Å²) in [5.41, 5.74) is 7.24. The van der Waals surface area contributed by atoms with Crippen molar-refractivity contribution in [1.29, 1.82) is 0 Å². The number of aromatic nitrogens is 1. The van der Waals surface area contributed by atoms with E-state index in [0.717, 1.165) is 18.7 Å². The minimum atomic E-state index is -0.538. The van der Waals surface area contributed by atoms with Gasteiger partial charge in [0, 0.05) is 32.0 Å². The van der Waals surface area contributed by atoms with E-state index < -0.39 is 5.91 Å². The van der Waals surface area contributed by atoms with Gasteiger partial charge in [-0.1, -0.05) is 12.1 Å². The molecule has 1 fully saturated rings. The first kappa shape index (κ1) is 17.3. The van der Waals surface area contributed by atoms with Gasteiger partial charge < -0.3 is 15.8 Å². The van der Waals surface area contributed by atoms with E-state index in [2.05, 4.69) is 15.2 Å². The van der Waals surface area contributed by atoms with Gasteiger partial charge >= 0.3 is 0 Å². The Morgan fingerprint density at radius 2 is 2.16 bits per heavy atom. The lowest BCUT2D eigenvalue weighted by molar-refractivity contribution is 0.0186. The number of halogens is 1. The molecule has 1 aromatic heterocycles. The summed E-state index contributed by atoms with van der Waals surface area (Å²) in [6.07, 6.45) is 3.04. The van der Waals surface area contributed by atoms with Crippen LogP contribution in [0.1, 0.15) is 22.0 Å². The number of pyridine rings is 1. The molecule has 1 atom stereocenters. The fourth-order valence-corrected chi connectivity index (χ4v) is 3.01. The molecule has 25 heavy (non-hydrogen) atoms. The number of rotatable bonds is 6. The predicted molar refractivity (Wildman–Crippen MR) is 92.8 cm³/mol. The molecule has 0 radical (unpaired) electrons. The van der Waals surface area contributed by atoms with Crippen LogP contribution in [0.4, 0.5) is 10.1 Å². The largest absolute Gasteiger partial charge is 0.382 e. The second-order valence-corrected chi connectivity index (χ2v) is 5.89. The van der Waals surface area contributed by atoms with Crippen molar-refractivity contribution in [2.75, 3.05) is 38.2 Å². The monoisotopic (exact) mass is 344 g/mol. The average Bonchev–Trinajstić information content (AvgIpc) is 2.63. The summed E-state index contributed by atoms with van der Waals surface area (Å²) in [5, 5.41) is 3.26. The highest BCUT2D eigenvalue weighted by atomic mass is 19.1. The van der Waals surface area contributed by atoms with Crippen LogP contribution < -0.4 is 11.1 Å². The number of morpholine rings is 1. The number of anilines is 1. The zero-order valence-electron chi connectivity index (χ0n) is 13.8. The topological polar surface area (TPSA) is 80.5 Å². The summed E-state index contributed by atoms with van der Waals surface area (Å²) in [6.45, 7) is 3.33. The second kappa shape index (κ2) is 8.04. The van der Waals surface area contributed by atoms with Crippen LogP contribution in [0.3, 0.4) is 0 Å². The van der Waals surface area contributed by atoms with Crippen molar-refractivity contribution in [2.24, 2.45) is 5.73 Å². The normalized spacial score (nSPS) is 16.4. The Bertz CT molecular complexity index is 735. The van der Waals surface area contributed by atoms with E-state index in [1.165, 1.54) is 12.3 Å². The molecule has 7 heteroatoms. The van der Waals surface area contributed by atoms with Crippen molar-refractivity contribution in [2.45, 2.75) is 6.04 Å². The molecule has 3 N–H and O–H groups in total. The van der Waals surface area contributed by atoms with Crippen molar-refractivity contribution >= 4 is 11.6 Å². The van der Waals surface area contributed by atoms with E-state index in [0.29, 0.717) is 31.0 Å². The minimum absolute atomic E-state index is 0.0477. The number of primary amides is 1. The fourth-order valence-electron chi connectivity index (χ4n) is 3.01. The van der Waals surface area contributed by atoms with Crippen LogP contribution in [0.2, 0.25) is 0 Å². The molecule has 1 unspecified atom stereocenters. The molecular weight excluding hydrogens is 323 g/mol. The second-order valence-electron chi connectivity index (χ2n) is 5.89. The van der Waals surface area contributed by atoms with E-state index in [1.807, 2.05) is 6.07 Å². The van der Waals surface area contributed by atoms with Gasteiger partial charge in [0.05, 0.1) is 30.5 Å². The Morgan fingerprint density at radius 3 is 2.88 bits per heavy atom. The first-order valence-corrected chi connectivity index (χ1v) is 8.20. The summed E-state index contributed by atoms with van der Waals surface area (Å²) in [4.78, 5) is 17.7. The van der Waals surface area contributed by atoms with Crippen molar-refractivity contribution < 1.29 is 13.9 Å². The van der Waals surface area contributed by atoms with Gasteiger partial charge in [0.25, 0.3) is 5.91 Å². The van der Waals surface area contributed by atoms with Gasteiger partial charge in [0.15, 0.2) is 0 Å². The van der Waals surface area contributed by atoms with Gasteiger partial charge in [-0.25, -0.2) is 4.39 Å². The van der Waals surface area contributed by atoms with Crippen molar-refractivity contribution in [1.82, 2.24) is 9.88 Å². The molecular formula is C18H21FN4O2. The summed E-state index contributed by atoms with van der Waals surface area (Å²) >= 11 is 0. The summed E-state index contributed by atoms with van der Waals surface area (Å²) < 4.78 is 19.1. The highest BCUT2D eigenvalue weighted by Crippen LogP contribution is 2.24. The lowest BCUT2D eigenvalue weighted by Gasteiger charge is -2.35. The molecule has 3 rings (SSSR count). The van der Waals surface area contributed by atoms with E-state index in [-0.39, 0.29) is 11.9 Å². The molecule has 1 aliphatic rings. The molecule has 0 bridgehead atoms. The zero-order valence-corrected chi connectivity index (χ0v) is 13.8. The van der Waals surface area contributed by atoms with Gasteiger partial charge in [-0.3, -0.25) is 14.7 Å². The minimum Gasteiger partial charge on any atom is -0.382 e. The van der Waals surface area contributed by atoms with Gasteiger partial charge in [-0.05, 0) is 23.8 Å². The molecule has 0 saturated carbocycles. The lowest BCUT2D eigenvalue weighted by atomic mass is 10.0. The van der Waals surface area contributed by atoms with Crippen LogP contribution in [0.25, 0.3) is 0 Å². The number of carbonyl (C=O) groups excluding carboxylic acids is 1. The fraction of sp³-hybridized carbons (Fsp3) is 0.333. The van der Waals surface area contributed by atoms with E-state index in [4.69, 9.17) is 10.5 Å². The Labute approximate surface area is 145 Å². The molecule has 1 saturated heterocycles. The molecule has 1 aromatic carbocycles. The van der Waals surface area contributed by atoms with Crippen LogP contribution in [0, 0.1) is 5.82 Å². The Kier molecular flexibility index (Phi) is 5.57. The smallest absolute Gasteiger partial charge is 0.252 e. The number of ether oxygens (including phenoxy) is 1. The standard InChI is InChI=1S/C18H21FN4O2/c19-14-3-1-2-13(10-14)17(23-6-8-25-9-7-23)12-22-16-4-5-21-11-15(16)18(20)24/h1-5,10-11,17H,6-9,12H2,(H2,20,24)(H,21,22). The Hall–Kier alpha value is -2.51. The Balaban J connectivity index is 1.82. The number of hydrogen-bond acceptors (Lipinski definition) is 5. The van der Waals surface area contributed by atoms with Crippen LogP contribution >= 0.6 is 0 Å². The van der Waals surface area contributed by atoms with Crippen LogP contribution in [-0.2, 0) is 4.74 Å². The number of nitrogens with two attached hydrogens (primary N) is 1. The maximum Gasteiger partial charge on any atom is 0.252 e. The molecule has 1 aliphatic heterocycles. The number of nitrogens with one attached hydrogen (secondary N) is 1. The van der Waals surface area contributed by atoms with E-state index >= 15 is 0 Å². The van der Waals surface area contributed by atoms with Crippen molar-refractivity contribution in [3.63, 3.8) is 0 Å². The molecule has 0 spiro atoms. The van der Waals surface area contributed by atoms with Crippen LogP contribution in [0.15, 0.2) is 42.7 Å². The highest BCUT2D eigenvalue weighted by Gasteiger charge is 2.23. The lowest BCUT2D eigenvalue weighted by Crippen LogP contribution is -2.41. The highest BCUT2D eigenvalue weighted by molar-refractivity contribution is 5.98. The number of hydrogen-bond donors (Lipinski definition) is 2. The summed E-state index contributed by atoms with van der Waals surface area (Å²) in [6, 6.07) is 8.26. The Morgan fingerprint density at radius 1 is 1.36 bits per heavy atom. The summed E-state index contributed by atoms with van der Waals surface area (Å²) in [7, 11) is 0. The number of amides is 1. The van der Waals surface area contributed by atoms with Gasteiger partial charge in [0.1, 0.15) is 5.82 Å². The molecule has 0 aliphatic carbocycles. The number of carbonyl (C=O) groups is 1. The van der Waals surface area contributed by atoms with Gasteiger partial charge in [-0.2, -0.15) is 0 Å². The quantitative estimate of drug-likeness (QED) is 0.835. The molecule has 2 aromatic rings. The molecule has 132 valence electrons. The van der Waals surface area contributed by atoms with Gasteiger partial charge in [0.2, 0.25) is 0 Å². The number of benzene rings is 1. The van der Waals surface area contributed by atoms with Crippen LogP contribution in [0.5, 0.6) is 0 Å². The molecule has 1 amide bonds. The zero-order chi connectivity index (χ0) is 17.6. The van der Waals surface area contributed by atoms with Crippen molar-refractivity contribution in [3.05, 3.63) is 59.7 Å². The predicted octanol–water partition coefficient (Wildman–Crippen LogP) is 1.80. The van der Waals surface area contributed by atoms with Gasteiger partial charge in [-0.15, -0.1) is 0 Å².